The molecule has 0 bridgehead atoms. The summed E-state index contributed by atoms with van der Waals surface area (Å²) in [6.07, 6.45) is 6.14. The molecule has 1 aliphatic rings. The number of benzene rings is 1. The Balaban J connectivity index is 2.12. The van der Waals surface area contributed by atoms with E-state index in [0.717, 1.165) is 34.5 Å². The second-order valence-electron chi connectivity index (χ2n) is 5.12. The predicted octanol–water partition coefficient (Wildman–Crippen LogP) is 2.77. The van der Waals surface area contributed by atoms with Gasteiger partial charge in [-0.25, -0.2) is 0 Å². The molecular weight excluding hydrogens is 222 g/mol. The molecule has 0 atom stereocenters. The van der Waals surface area contributed by atoms with Crippen molar-refractivity contribution in [2.24, 2.45) is 11.7 Å². The fourth-order valence-electron chi connectivity index (χ4n) is 2.79. The summed E-state index contributed by atoms with van der Waals surface area (Å²) in [6.45, 7) is 1.55. The zero-order valence-electron chi connectivity index (χ0n) is 10.4. The molecule has 1 aromatic carbocycles. The summed E-state index contributed by atoms with van der Waals surface area (Å²) in [6, 6.07) is 8.19. The van der Waals surface area contributed by atoms with Gasteiger partial charge in [0.05, 0.1) is 11.6 Å². The molecule has 1 aliphatic carbocycles. The molecule has 0 amide bonds. The van der Waals surface area contributed by atoms with Gasteiger partial charge in [-0.2, -0.15) is 5.26 Å². The van der Waals surface area contributed by atoms with Crippen LogP contribution in [0.25, 0.3) is 10.9 Å². The van der Waals surface area contributed by atoms with Crippen molar-refractivity contribution in [3.8, 4) is 6.07 Å². The Kier molecular flexibility index (Phi) is 2.81. The van der Waals surface area contributed by atoms with Crippen LogP contribution in [0.5, 0.6) is 0 Å². The molecule has 92 valence electrons. The maximum absolute atomic E-state index is 9.20. The first-order valence-corrected chi connectivity index (χ1v) is 6.54. The van der Waals surface area contributed by atoms with E-state index in [1.807, 2.05) is 12.1 Å². The molecule has 2 aromatic rings. The lowest BCUT2D eigenvalue weighted by molar-refractivity contribution is 0.279. The van der Waals surface area contributed by atoms with E-state index in [4.69, 9.17) is 5.73 Å². The lowest BCUT2D eigenvalue weighted by Crippen LogP contribution is -2.17. The van der Waals surface area contributed by atoms with Crippen LogP contribution in [0, 0.1) is 17.2 Å². The van der Waals surface area contributed by atoms with Crippen molar-refractivity contribution in [2.45, 2.75) is 32.4 Å². The number of hydrogen-bond donors (Lipinski definition) is 1. The molecular formula is C15H17N3. The molecule has 0 aliphatic heterocycles. The van der Waals surface area contributed by atoms with Crippen molar-refractivity contribution >= 4 is 10.9 Å². The molecule has 0 saturated heterocycles. The fourth-order valence-corrected chi connectivity index (χ4v) is 2.79. The topological polar surface area (TPSA) is 54.7 Å². The summed E-state index contributed by atoms with van der Waals surface area (Å²) in [5, 5.41) is 10.2. The van der Waals surface area contributed by atoms with Gasteiger partial charge >= 0.3 is 0 Å². The lowest BCUT2D eigenvalue weighted by atomic mass is 9.85. The van der Waals surface area contributed by atoms with Crippen molar-refractivity contribution in [3.05, 3.63) is 35.5 Å². The van der Waals surface area contributed by atoms with Gasteiger partial charge in [0.2, 0.25) is 0 Å². The van der Waals surface area contributed by atoms with E-state index >= 15 is 0 Å². The molecule has 1 aromatic heterocycles. The highest BCUT2D eigenvalue weighted by molar-refractivity contribution is 5.89. The molecule has 1 fully saturated rings. The predicted molar refractivity (Wildman–Crippen MR) is 71.9 cm³/mol. The minimum atomic E-state index is 0.493. The first-order chi connectivity index (χ1) is 8.83. The Labute approximate surface area is 107 Å². The first kappa shape index (κ1) is 11.3. The fraction of sp³-hybridized carbons (Fsp3) is 0.400. The molecule has 3 heteroatoms. The maximum Gasteiger partial charge on any atom is 0.0998 e. The number of nitrogens with zero attached hydrogens (tertiary/aromatic N) is 2. The van der Waals surface area contributed by atoms with Crippen molar-refractivity contribution in [3.63, 3.8) is 0 Å². The largest absolute Gasteiger partial charge is 0.347 e. The lowest BCUT2D eigenvalue weighted by Gasteiger charge is -2.26. The summed E-state index contributed by atoms with van der Waals surface area (Å²) in [4.78, 5) is 0. The third-order valence-corrected chi connectivity index (χ3v) is 4.00. The number of aromatic nitrogens is 1. The molecule has 0 radical (unpaired) electrons. The first-order valence-electron chi connectivity index (χ1n) is 6.54. The normalized spacial score (nSPS) is 15.6. The Bertz CT molecular complexity index is 614. The van der Waals surface area contributed by atoms with Crippen molar-refractivity contribution < 1.29 is 0 Å². The number of nitriles is 1. The van der Waals surface area contributed by atoms with Gasteiger partial charge in [-0.05, 0) is 36.5 Å². The van der Waals surface area contributed by atoms with Crippen LogP contribution in [-0.4, -0.2) is 4.57 Å². The molecule has 2 N–H and O–H groups in total. The van der Waals surface area contributed by atoms with Gasteiger partial charge < -0.3 is 10.3 Å². The summed E-state index contributed by atoms with van der Waals surface area (Å²) in [5.41, 5.74) is 8.78. The van der Waals surface area contributed by atoms with Crippen LogP contribution in [-0.2, 0) is 13.1 Å². The quantitative estimate of drug-likeness (QED) is 0.895. The highest BCUT2D eigenvalue weighted by atomic mass is 15.0. The van der Waals surface area contributed by atoms with Gasteiger partial charge in [-0.3, -0.25) is 0 Å². The number of fused-ring (bicyclic) bond motifs is 1. The van der Waals surface area contributed by atoms with Crippen LogP contribution in [0.3, 0.4) is 0 Å². The Morgan fingerprint density at radius 1 is 1.39 bits per heavy atom. The maximum atomic E-state index is 9.20. The van der Waals surface area contributed by atoms with Gasteiger partial charge in [-0.1, -0.05) is 12.5 Å². The van der Waals surface area contributed by atoms with Crippen LogP contribution in [0.4, 0.5) is 0 Å². The molecule has 1 saturated carbocycles. The van der Waals surface area contributed by atoms with E-state index in [1.54, 1.807) is 0 Å². The highest BCUT2D eigenvalue weighted by Crippen LogP contribution is 2.31. The van der Waals surface area contributed by atoms with Gasteiger partial charge in [0.15, 0.2) is 0 Å². The van der Waals surface area contributed by atoms with Crippen LogP contribution in [0.1, 0.15) is 30.4 Å². The second-order valence-corrected chi connectivity index (χ2v) is 5.12. The standard InChI is InChI=1S/C15H17N3/c16-7-12-5-2-6-14-15(12)13(8-17)10-18(14)9-11-3-1-4-11/h2,5-6,10-11H,1,3-4,8-9,17H2. The van der Waals surface area contributed by atoms with Gasteiger partial charge in [-0.15, -0.1) is 0 Å². The smallest absolute Gasteiger partial charge is 0.0998 e. The van der Waals surface area contributed by atoms with E-state index in [1.165, 1.54) is 19.3 Å². The SMILES string of the molecule is N#Cc1cccc2c1c(CN)cn2CC1CCC1. The van der Waals surface area contributed by atoms with Crippen molar-refractivity contribution in [1.82, 2.24) is 4.57 Å². The van der Waals surface area contributed by atoms with Gasteiger partial charge in [0.1, 0.15) is 0 Å². The van der Waals surface area contributed by atoms with Crippen LogP contribution in [0.15, 0.2) is 24.4 Å². The van der Waals surface area contributed by atoms with Crippen LogP contribution < -0.4 is 5.73 Å². The number of rotatable bonds is 3. The van der Waals surface area contributed by atoms with Crippen LogP contribution in [0.2, 0.25) is 0 Å². The second kappa shape index (κ2) is 4.47. The average Bonchev–Trinajstić information content (AvgIpc) is 2.72. The molecule has 3 nitrogen and oxygen atoms in total. The van der Waals surface area contributed by atoms with E-state index in [-0.39, 0.29) is 0 Å². The molecule has 1 heterocycles. The molecule has 0 spiro atoms. The van der Waals surface area contributed by atoms with Crippen molar-refractivity contribution in [2.75, 3.05) is 0 Å². The molecule has 0 unspecified atom stereocenters. The zero-order chi connectivity index (χ0) is 12.5. The third-order valence-electron chi connectivity index (χ3n) is 4.00. The number of nitrogens with two attached hydrogens (primary N) is 1. The molecule has 18 heavy (non-hydrogen) atoms. The van der Waals surface area contributed by atoms with Crippen LogP contribution >= 0.6 is 0 Å². The highest BCUT2D eigenvalue weighted by Gasteiger charge is 2.19. The Hall–Kier alpha value is -1.79. The summed E-state index contributed by atoms with van der Waals surface area (Å²) in [7, 11) is 0. The van der Waals surface area contributed by atoms with Crippen molar-refractivity contribution in [1.29, 1.82) is 5.26 Å². The third kappa shape index (κ3) is 1.70. The van der Waals surface area contributed by atoms with E-state index in [9.17, 15) is 5.26 Å². The van der Waals surface area contributed by atoms with Gasteiger partial charge in [0, 0.05) is 30.2 Å². The summed E-state index contributed by atoms with van der Waals surface area (Å²) >= 11 is 0. The minimum Gasteiger partial charge on any atom is -0.347 e. The monoisotopic (exact) mass is 239 g/mol. The number of hydrogen-bond acceptors (Lipinski definition) is 2. The van der Waals surface area contributed by atoms with E-state index in [2.05, 4.69) is 22.9 Å². The summed E-state index contributed by atoms with van der Waals surface area (Å²) in [5.74, 6) is 0.803. The van der Waals surface area contributed by atoms with E-state index in [0.29, 0.717) is 6.54 Å². The summed E-state index contributed by atoms with van der Waals surface area (Å²) < 4.78 is 2.28. The zero-order valence-corrected chi connectivity index (χ0v) is 10.4. The minimum absolute atomic E-state index is 0.493. The van der Waals surface area contributed by atoms with Gasteiger partial charge in [0.25, 0.3) is 0 Å². The molecule has 3 rings (SSSR count). The Morgan fingerprint density at radius 3 is 2.83 bits per heavy atom. The average molecular weight is 239 g/mol. The Morgan fingerprint density at radius 2 is 2.22 bits per heavy atom. The van der Waals surface area contributed by atoms with E-state index < -0.39 is 0 Å².